The predicted octanol–water partition coefficient (Wildman–Crippen LogP) is 3.53. The second-order valence-electron chi connectivity index (χ2n) is 5.70. The molecule has 3 aromatic rings. The highest BCUT2D eigenvalue weighted by Gasteiger charge is 2.09. The lowest BCUT2D eigenvalue weighted by atomic mass is 10.2. The molecule has 1 aromatic carbocycles. The zero-order valence-corrected chi connectivity index (χ0v) is 16.0. The molecule has 0 atom stereocenters. The maximum absolute atomic E-state index is 12.1. The molecule has 0 aliphatic carbocycles. The molecule has 2 N–H and O–H groups in total. The standard InChI is InChI=1S/C20H21N3O3S/c1-25-16-7-5-14(12-17(16)26-2)6-8-19(24)21-10-9-15-20(23-13-22-15)18-4-3-11-27-18/h3-8,11-13H,9-10H2,1-2H3,(H,21,24)(H,22,23)/b8-6+. The van der Waals surface area contributed by atoms with Crippen LogP contribution in [-0.2, 0) is 11.2 Å². The molecule has 0 unspecified atom stereocenters. The molecule has 0 saturated heterocycles. The van der Waals surface area contributed by atoms with E-state index in [9.17, 15) is 4.79 Å². The molecule has 3 rings (SSSR count). The lowest BCUT2D eigenvalue weighted by molar-refractivity contribution is -0.116. The Hall–Kier alpha value is -3.06. The molecule has 0 radical (unpaired) electrons. The summed E-state index contributed by atoms with van der Waals surface area (Å²) in [5.74, 6) is 1.13. The van der Waals surface area contributed by atoms with Gasteiger partial charge in [0.05, 0.1) is 25.4 Å². The van der Waals surface area contributed by atoms with Crippen LogP contribution in [0, 0.1) is 0 Å². The smallest absolute Gasteiger partial charge is 0.244 e. The van der Waals surface area contributed by atoms with Gasteiger partial charge >= 0.3 is 0 Å². The molecule has 2 aromatic heterocycles. The average molecular weight is 383 g/mol. The van der Waals surface area contributed by atoms with Crippen molar-refractivity contribution in [2.45, 2.75) is 6.42 Å². The van der Waals surface area contributed by atoms with Crippen molar-refractivity contribution in [1.29, 1.82) is 0 Å². The number of nitrogens with zero attached hydrogens (tertiary/aromatic N) is 1. The molecular formula is C20H21N3O3S. The van der Waals surface area contributed by atoms with E-state index < -0.39 is 0 Å². The minimum atomic E-state index is -0.151. The summed E-state index contributed by atoms with van der Waals surface area (Å²) in [4.78, 5) is 20.7. The number of H-pyrrole nitrogens is 1. The number of carbonyl (C=O) groups is 1. The van der Waals surface area contributed by atoms with Crippen molar-refractivity contribution in [1.82, 2.24) is 15.3 Å². The molecule has 2 heterocycles. The fourth-order valence-corrected chi connectivity index (χ4v) is 3.38. The van der Waals surface area contributed by atoms with E-state index in [1.807, 2.05) is 29.6 Å². The number of benzene rings is 1. The highest BCUT2D eigenvalue weighted by atomic mass is 32.1. The molecule has 140 valence electrons. The summed E-state index contributed by atoms with van der Waals surface area (Å²) in [6.45, 7) is 0.523. The summed E-state index contributed by atoms with van der Waals surface area (Å²) in [5.41, 5.74) is 2.82. The number of aromatic amines is 1. The summed E-state index contributed by atoms with van der Waals surface area (Å²) < 4.78 is 10.5. The second kappa shape index (κ2) is 9.05. The van der Waals surface area contributed by atoms with E-state index in [1.54, 1.807) is 44.0 Å². The minimum absolute atomic E-state index is 0.151. The van der Waals surface area contributed by atoms with Gasteiger partial charge in [-0.2, -0.15) is 0 Å². The predicted molar refractivity (Wildman–Crippen MR) is 107 cm³/mol. The molecule has 0 aliphatic rings. The Morgan fingerprint density at radius 2 is 2.11 bits per heavy atom. The first kappa shape index (κ1) is 18.7. The highest BCUT2D eigenvalue weighted by Crippen LogP contribution is 2.28. The average Bonchev–Trinajstić information content (AvgIpc) is 3.37. The van der Waals surface area contributed by atoms with Crippen molar-refractivity contribution in [2.75, 3.05) is 20.8 Å². The molecule has 0 aliphatic heterocycles. The van der Waals surface area contributed by atoms with Gasteiger partial charge in [0, 0.05) is 24.7 Å². The van der Waals surface area contributed by atoms with E-state index >= 15 is 0 Å². The van der Waals surface area contributed by atoms with Crippen LogP contribution < -0.4 is 14.8 Å². The van der Waals surface area contributed by atoms with Crippen LogP contribution in [0.25, 0.3) is 16.6 Å². The quantitative estimate of drug-likeness (QED) is 0.584. The summed E-state index contributed by atoms with van der Waals surface area (Å²) in [6.07, 6.45) is 5.62. The monoisotopic (exact) mass is 383 g/mol. The number of methoxy groups -OCH3 is 2. The van der Waals surface area contributed by atoms with Crippen LogP contribution in [0.2, 0.25) is 0 Å². The largest absolute Gasteiger partial charge is 0.493 e. The van der Waals surface area contributed by atoms with Gasteiger partial charge in [-0.15, -0.1) is 11.3 Å². The Morgan fingerprint density at radius 3 is 2.85 bits per heavy atom. The number of rotatable bonds is 8. The summed E-state index contributed by atoms with van der Waals surface area (Å²) >= 11 is 1.65. The maximum Gasteiger partial charge on any atom is 0.244 e. The van der Waals surface area contributed by atoms with Gasteiger partial charge in [0.25, 0.3) is 0 Å². The first-order valence-corrected chi connectivity index (χ1v) is 9.33. The molecule has 0 bridgehead atoms. The molecular weight excluding hydrogens is 362 g/mol. The van der Waals surface area contributed by atoms with Crippen LogP contribution in [0.1, 0.15) is 11.3 Å². The van der Waals surface area contributed by atoms with E-state index in [4.69, 9.17) is 9.47 Å². The van der Waals surface area contributed by atoms with Crippen LogP contribution in [0.3, 0.4) is 0 Å². The number of hydrogen-bond acceptors (Lipinski definition) is 5. The van der Waals surface area contributed by atoms with Gasteiger partial charge in [-0.3, -0.25) is 4.79 Å². The first-order valence-electron chi connectivity index (χ1n) is 8.45. The van der Waals surface area contributed by atoms with E-state index in [-0.39, 0.29) is 5.91 Å². The van der Waals surface area contributed by atoms with Crippen LogP contribution >= 0.6 is 11.3 Å². The van der Waals surface area contributed by atoms with E-state index in [0.717, 1.165) is 21.8 Å². The van der Waals surface area contributed by atoms with Crippen molar-refractivity contribution >= 4 is 23.3 Å². The topological polar surface area (TPSA) is 76.2 Å². The number of imidazole rings is 1. The van der Waals surface area contributed by atoms with Gasteiger partial charge in [-0.25, -0.2) is 4.98 Å². The summed E-state index contributed by atoms with van der Waals surface area (Å²) in [7, 11) is 3.17. The highest BCUT2D eigenvalue weighted by molar-refractivity contribution is 7.13. The van der Waals surface area contributed by atoms with Gasteiger partial charge in [-0.05, 0) is 35.2 Å². The number of hydrogen-bond donors (Lipinski definition) is 2. The number of nitrogens with one attached hydrogen (secondary N) is 2. The summed E-state index contributed by atoms with van der Waals surface area (Å²) in [5, 5.41) is 4.91. The van der Waals surface area contributed by atoms with Crippen LogP contribution in [0.15, 0.2) is 48.1 Å². The van der Waals surface area contributed by atoms with Crippen molar-refractivity contribution in [3.05, 3.63) is 59.4 Å². The lowest BCUT2D eigenvalue weighted by Crippen LogP contribution is -2.23. The van der Waals surface area contributed by atoms with Crippen LogP contribution in [0.5, 0.6) is 11.5 Å². The Labute approximate surface area is 161 Å². The maximum atomic E-state index is 12.1. The van der Waals surface area contributed by atoms with Crippen molar-refractivity contribution < 1.29 is 14.3 Å². The second-order valence-corrected chi connectivity index (χ2v) is 6.64. The number of amides is 1. The molecule has 7 heteroatoms. The van der Waals surface area contributed by atoms with E-state index in [1.165, 1.54) is 6.08 Å². The van der Waals surface area contributed by atoms with Crippen molar-refractivity contribution in [3.63, 3.8) is 0 Å². The van der Waals surface area contributed by atoms with Gasteiger partial charge in [0.15, 0.2) is 11.5 Å². The normalized spacial score (nSPS) is 10.9. The number of ether oxygens (including phenoxy) is 2. The summed E-state index contributed by atoms with van der Waals surface area (Å²) in [6, 6.07) is 9.53. The molecule has 27 heavy (non-hydrogen) atoms. The third-order valence-electron chi connectivity index (χ3n) is 3.98. The zero-order valence-electron chi connectivity index (χ0n) is 15.2. The van der Waals surface area contributed by atoms with E-state index in [0.29, 0.717) is 24.5 Å². The molecule has 0 fully saturated rings. The fraction of sp³-hybridized carbons (Fsp3) is 0.200. The van der Waals surface area contributed by atoms with Crippen molar-refractivity contribution in [2.24, 2.45) is 0 Å². The van der Waals surface area contributed by atoms with Gasteiger partial charge < -0.3 is 19.8 Å². The fourth-order valence-electron chi connectivity index (χ4n) is 2.64. The SMILES string of the molecule is COc1ccc(/C=C/C(=O)NCCc2[nH]cnc2-c2cccs2)cc1OC. The number of carbonyl (C=O) groups excluding carboxylic acids is 1. The van der Waals surface area contributed by atoms with Crippen LogP contribution in [0.4, 0.5) is 0 Å². The third kappa shape index (κ3) is 4.77. The Kier molecular flexibility index (Phi) is 6.27. The van der Waals surface area contributed by atoms with Gasteiger partial charge in [0.2, 0.25) is 5.91 Å². The molecule has 0 saturated carbocycles. The van der Waals surface area contributed by atoms with Gasteiger partial charge in [-0.1, -0.05) is 12.1 Å². The van der Waals surface area contributed by atoms with Crippen molar-refractivity contribution in [3.8, 4) is 22.1 Å². The Balaban J connectivity index is 1.53. The molecule has 1 amide bonds. The number of aromatic nitrogens is 2. The van der Waals surface area contributed by atoms with E-state index in [2.05, 4.69) is 15.3 Å². The number of thiophene rings is 1. The first-order chi connectivity index (χ1) is 13.2. The Morgan fingerprint density at radius 1 is 1.26 bits per heavy atom. The molecule has 0 spiro atoms. The molecule has 6 nitrogen and oxygen atoms in total. The zero-order chi connectivity index (χ0) is 19.1. The Bertz CT molecular complexity index is 916. The third-order valence-corrected chi connectivity index (χ3v) is 4.86. The lowest BCUT2D eigenvalue weighted by Gasteiger charge is -2.07. The minimum Gasteiger partial charge on any atom is -0.493 e. The van der Waals surface area contributed by atoms with Crippen LogP contribution in [-0.4, -0.2) is 36.6 Å². The van der Waals surface area contributed by atoms with Gasteiger partial charge in [0.1, 0.15) is 5.69 Å².